The minimum atomic E-state index is 0.916. The van der Waals surface area contributed by atoms with Crippen LogP contribution in [0.4, 0.5) is 0 Å². The maximum Gasteiger partial charge on any atom is 0.00951 e. The Labute approximate surface area is 198 Å². The quantitative estimate of drug-likeness (QED) is 0.144. The lowest BCUT2D eigenvalue weighted by Crippen LogP contribution is -2.37. The van der Waals surface area contributed by atoms with E-state index in [2.05, 4.69) is 18.7 Å². The Hall–Kier alpha value is -0.0400. The van der Waals surface area contributed by atoms with Crippen LogP contribution in [0.3, 0.4) is 0 Å². The molecule has 1 aliphatic carbocycles. The van der Waals surface area contributed by atoms with E-state index < -0.39 is 0 Å². The van der Waals surface area contributed by atoms with Crippen LogP contribution >= 0.6 is 0 Å². The van der Waals surface area contributed by atoms with Crippen LogP contribution < -0.4 is 0 Å². The van der Waals surface area contributed by atoms with Gasteiger partial charge in [0.05, 0.1) is 0 Å². The molecule has 0 amide bonds. The third kappa shape index (κ3) is 18.1. The molecule has 0 N–H and O–H groups in total. The van der Waals surface area contributed by atoms with Gasteiger partial charge in [-0.15, -0.1) is 0 Å². The van der Waals surface area contributed by atoms with Crippen molar-refractivity contribution in [2.75, 3.05) is 13.1 Å². The molecular formula is C30H61N. The summed E-state index contributed by atoms with van der Waals surface area (Å²) in [6.45, 7) is 7.30. The number of nitrogens with zero attached hydrogens (tertiary/aromatic N) is 1. The van der Waals surface area contributed by atoms with Gasteiger partial charge >= 0.3 is 0 Å². The molecule has 0 heterocycles. The lowest BCUT2D eigenvalue weighted by molar-refractivity contribution is 0.160. The Kier molecular flexibility index (Phi) is 21.6. The molecule has 0 unspecified atom stereocenters. The van der Waals surface area contributed by atoms with Crippen molar-refractivity contribution >= 4 is 0 Å². The van der Waals surface area contributed by atoms with E-state index in [-0.39, 0.29) is 0 Å². The van der Waals surface area contributed by atoms with Gasteiger partial charge in [0.1, 0.15) is 0 Å². The zero-order valence-corrected chi connectivity index (χ0v) is 22.1. The first-order valence-corrected chi connectivity index (χ1v) is 15.1. The second kappa shape index (κ2) is 23.1. The summed E-state index contributed by atoms with van der Waals surface area (Å²) in [5.74, 6) is 0. The van der Waals surface area contributed by atoms with E-state index in [0.717, 1.165) is 6.04 Å². The molecule has 1 saturated carbocycles. The molecule has 1 heteroatoms. The van der Waals surface area contributed by atoms with Crippen molar-refractivity contribution in [1.82, 2.24) is 4.90 Å². The van der Waals surface area contributed by atoms with E-state index in [1.54, 1.807) is 0 Å². The van der Waals surface area contributed by atoms with E-state index in [9.17, 15) is 0 Å². The molecule has 0 aromatic rings. The van der Waals surface area contributed by atoms with Crippen LogP contribution in [0.2, 0.25) is 0 Å². The summed E-state index contributed by atoms with van der Waals surface area (Å²) in [5.41, 5.74) is 0. The number of hydrogen-bond donors (Lipinski definition) is 0. The van der Waals surface area contributed by atoms with Crippen LogP contribution in [0, 0.1) is 0 Å². The third-order valence-electron chi connectivity index (χ3n) is 7.80. The minimum absolute atomic E-state index is 0.916. The highest BCUT2D eigenvalue weighted by atomic mass is 15.1. The van der Waals surface area contributed by atoms with E-state index >= 15 is 0 Å². The molecule has 31 heavy (non-hydrogen) atoms. The summed E-state index contributed by atoms with van der Waals surface area (Å²) < 4.78 is 0. The number of rotatable bonds is 23. The van der Waals surface area contributed by atoms with Crippen molar-refractivity contribution < 1.29 is 0 Å². The van der Waals surface area contributed by atoms with E-state index in [4.69, 9.17) is 0 Å². The molecule has 0 aliphatic heterocycles. The van der Waals surface area contributed by atoms with E-state index in [1.165, 1.54) is 174 Å². The summed E-state index contributed by atoms with van der Waals surface area (Å²) in [7, 11) is 0. The van der Waals surface area contributed by atoms with E-state index in [0.29, 0.717) is 0 Å². The largest absolute Gasteiger partial charge is 0.301 e. The molecule has 1 nitrogen and oxygen atoms in total. The van der Waals surface area contributed by atoms with Crippen molar-refractivity contribution in [3.8, 4) is 0 Å². The molecular weight excluding hydrogens is 374 g/mol. The average Bonchev–Trinajstić information content (AvgIpc) is 2.81. The van der Waals surface area contributed by atoms with Gasteiger partial charge in [0.2, 0.25) is 0 Å². The van der Waals surface area contributed by atoms with Gasteiger partial charge in [-0.3, -0.25) is 0 Å². The van der Waals surface area contributed by atoms with Gasteiger partial charge in [-0.05, 0) is 32.4 Å². The second-order valence-electron chi connectivity index (χ2n) is 10.6. The summed E-state index contributed by atoms with van der Waals surface area (Å²) in [5, 5.41) is 0. The molecule has 0 bridgehead atoms. The molecule has 186 valence electrons. The summed E-state index contributed by atoms with van der Waals surface area (Å²) in [6, 6.07) is 0.916. The Balaban J connectivity index is 1.72. The highest BCUT2D eigenvalue weighted by Crippen LogP contribution is 2.23. The second-order valence-corrected chi connectivity index (χ2v) is 10.6. The maximum atomic E-state index is 2.79. The fraction of sp³-hybridized carbons (Fsp3) is 1.00. The Bertz CT molecular complexity index is 333. The fourth-order valence-electron chi connectivity index (χ4n) is 5.62. The highest BCUT2D eigenvalue weighted by Gasteiger charge is 2.18. The zero-order valence-electron chi connectivity index (χ0n) is 22.1. The van der Waals surface area contributed by atoms with Crippen molar-refractivity contribution in [3.05, 3.63) is 0 Å². The molecule has 0 aromatic carbocycles. The van der Waals surface area contributed by atoms with Gasteiger partial charge < -0.3 is 4.90 Å². The van der Waals surface area contributed by atoms with Gasteiger partial charge in [0.15, 0.2) is 0 Å². The van der Waals surface area contributed by atoms with Crippen molar-refractivity contribution in [2.45, 2.75) is 180 Å². The first-order chi connectivity index (χ1) is 15.4. The molecule has 0 aromatic heterocycles. The topological polar surface area (TPSA) is 3.24 Å². The van der Waals surface area contributed by atoms with Crippen LogP contribution in [0.15, 0.2) is 0 Å². The predicted molar refractivity (Wildman–Crippen MR) is 142 cm³/mol. The smallest absolute Gasteiger partial charge is 0.00951 e. The van der Waals surface area contributed by atoms with Crippen LogP contribution in [0.1, 0.15) is 174 Å². The Morgan fingerprint density at radius 2 is 0.806 bits per heavy atom. The van der Waals surface area contributed by atoms with Crippen LogP contribution in [-0.4, -0.2) is 24.0 Å². The molecule has 1 fully saturated rings. The normalized spacial score (nSPS) is 15.2. The van der Waals surface area contributed by atoms with Crippen LogP contribution in [0.5, 0.6) is 0 Å². The molecule has 0 radical (unpaired) electrons. The SMILES string of the molecule is CCCCCCCCCCCCCCCCCCCCCCN(CC)C1CCCCC1. The number of hydrogen-bond acceptors (Lipinski definition) is 1. The molecule has 1 rings (SSSR count). The number of unbranched alkanes of at least 4 members (excludes halogenated alkanes) is 19. The first kappa shape index (κ1) is 29.0. The van der Waals surface area contributed by atoms with Crippen LogP contribution in [0.25, 0.3) is 0 Å². The zero-order chi connectivity index (χ0) is 22.2. The monoisotopic (exact) mass is 435 g/mol. The summed E-state index contributed by atoms with van der Waals surface area (Å²) in [4.78, 5) is 2.79. The predicted octanol–water partition coefficient (Wildman–Crippen LogP) is 10.5. The van der Waals surface area contributed by atoms with Gasteiger partial charge in [-0.25, -0.2) is 0 Å². The maximum absolute atomic E-state index is 2.79. The lowest BCUT2D eigenvalue weighted by Gasteiger charge is -2.33. The Morgan fingerprint density at radius 3 is 1.16 bits per heavy atom. The summed E-state index contributed by atoms with van der Waals surface area (Å²) >= 11 is 0. The average molecular weight is 436 g/mol. The third-order valence-corrected chi connectivity index (χ3v) is 7.80. The van der Waals surface area contributed by atoms with Gasteiger partial charge in [0, 0.05) is 6.04 Å². The van der Waals surface area contributed by atoms with Gasteiger partial charge in [-0.2, -0.15) is 0 Å². The van der Waals surface area contributed by atoms with E-state index in [1.807, 2.05) is 0 Å². The highest BCUT2D eigenvalue weighted by molar-refractivity contribution is 4.75. The Morgan fingerprint density at radius 1 is 0.452 bits per heavy atom. The molecule has 0 atom stereocenters. The summed E-state index contributed by atoms with van der Waals surface area (Å²) in [6.07, 6.45) is 36.8. The minimum Gasteiger partial charge on any atom is -0.301 e. The molecule has 0 saturated heterocycles. The molecule has 1 aliphatic rings. The van der Waals surface area contributed by atoms with Gasteiger partial charge in [-0.1, -0.05) is 155 Å². The lowest BCUT2D eigenvalue weighted by atomic mass is 9.94. The molecule has 0 spiro atoms. The van der Waals surface area contributed by atoms with Crippen molar-refractivity contribution in [2.24, 2.45) is 0 Å². The standard InChI is InChI=1S/C30H61N/c1-3-5-6-7-8-9-10-11-12-13-14-15-16-17-18-19-20-21-22-26-29-31(4-2)30-27-24-23-25-28-30/h30H,3-29H2,1-2H3. The van der Waals surface area contributed by atoms with Crippen molar-refractivity contribution in [3.63, 3.8) is 0 Å². The fourth-order valence-corrected chi connectivity index (χ4v) is 5.62. The first-order valence-electron chi connectivity index (χ1n) is 15.1. The van der Waals surface area contributed by atoms with Crippen LogP contribution in [-0.2, 0) is 0 Å². The van der Waals surface area contributed by atoms with Crippen molar-refractivity contribution in [1.29, 1.82) is 0 Å². The van der Waals surface area contributed by atoms with Gasteiger partial charge in [0.25, 0.3) is 0 Å².